The van der Waals surface area contributed by atoms with Gasteiger partial charge in [-0.25, -0.2) is 15.0 Å². The molecule has 0 aliphatic heterocycles. The van der Waals surface area contributed by atoms with Gasteiger partial charge in [-0.1, -0.05) is 31.2 Å². The number of aromatic nitrogens is 8. The summed E-state index contributed by atoms with van der Waals surface area (Å²) in [6, 6.07) is 15.9. The molecule has 6 aromatic rings. The number of aromatic amines is 1. The highest BCUT2D eigenvalue weighted by molar-refractivity contribution is 5.82. The molecule has 0 saturated carbocycles. The minimum atomic E-state index is 0.497. The van der Waals surface area contributed by atoms with E-state index < -0.39 is 0 Å². The molecule has 168 valence electrons. The predicted molar refractivity (Wildman–Crippen MR) is 128 cm³/mol. The lowest BCUT2D eigenvalue weighted by Gasteiger charge is -2.08. The Balaban J connectivity index is 1.40. The van der Waals surface area contributed by atoms with Crippen LogP contribution in [0.4, 0.5) is 0 Å². The molecule has 9 nitrogen and oxygen atoms in total. The Labute approximate surface area is 194 Å². The number of hydrogen-bond donors (Lipinski definition) is 1. The molecule has 4 aromatic heterocycles. The molecule has 0 radical (unpaired) electrons. The van der Waals surface area contributed by atoms with Gasteiger partial charge in [0.2, 0.25) is 11.7 Å². The molecule has 0 amide bonds. The third kappa shape index (κ3) is 3.42. The first-order valence-electron chi connectivity index (χ1n) is 11.2. The molecular weight excluding hydrogens is 428 g/mol. The lowest BCUT2D eigenvalue weighted by atomic mass is 10.1. The van der Waals surface area contributed by atoms with Crippen LogP contribution in [0.2, 0.25) is 0 Å². The second-order valence-electron chi connectivity index (χ2n) is 8.27. The second-order valence-corrected chi connectivity index (χ2v) is 8.27. The molecule has 0 saturated heterocycles. The van der Waals surface area contributed by atoms with Gasteiger partial charge in [0.05, 0.1) is 6.54 Å². The Hall–Kier alpha value is -4.40. The lowest BCUT2D eigenvalue weighted by Crippen LogP contribution is -2.06. The van der Waals surface area contributed by atoms with Crippen molar-refractivity contribution in [1.29, 1.82) is 0 Å². The van der Waals surface area contributed by atoms with Gasteiger partial charge in [0.1, 0.15) is 16.9 Å². The minimum absolute atomic E-state index is 0.497. The monoisotopic (exact) mass is 450 g/mol. The summed E-state index contributed by atoms with van der Waals surface area (Å²) in [6.07, 6.45) is 3.77. The number of rotatable bonds is 6. The van der Waals surface area contributed by atoms with Crippen LogP contribution in [-0.4, -0.2) is 40.1 Å². The van der Waals surface area contributed by atoms with Crippen molar-refractivity contribution < 1.29 is 4.42 Å². The number of fused-ring (bicyclic) bond motifs is 2. The van der Waals surface area contributed by atoms with E-state index in [1.807, 2.05) is 48.7 Å². The maximum atomic E-state index is 6.20. The summed E-state index contributed by atoms with van der Waals surface area (Å²) in [7, 11) is 0. The number of nitrogens with zero attached hydrogens (tertiary/aromatic N) is 7. The highest BCUT2D eigenvalue weighted by Gasteiger charge is 2.17. The van der Waals surface area contributed by atoms with Crippen molar-refractivity contribution in [3.63, 3.8) is 0 Å². The Morgan fingerprint density at radius 3 is 2.74 bits per heavy atom. The number of imidazole rings is 1. The molecule has 6 rings (SSSR count). The highest BCUT2D eigenvalue weighted by atomic mass is 16.3. The molecule has 0 bridgehead atoms. The minimum Gasteiger partial charge on any atom is -0.436 e. The van der Waals surface area contributed by atoms with Crippen molar-refractivity contribution in [1.82, 2.24) is 40.1 Å². The molecule has 0 atom stereocenters. The van der Waals surface area contributed by atoms with Crippen LogP contribution in [-0.2, 0) is 13.0 Å². The van der Waals surface area contributed by atoms with Gasteiger partial charge in [-0.2, -0.15) is 5.21 Å². The van der Waals surface area contributed by atoms with Crippen LogP contribution in [0, 0.1) is 6.92 Å². The number of oxazole rings is 1. The number of benzene rings is 2. The van der Waals surface area contributed by atoms with Gasteiger partial charge in [0, 0.05) is 23.7 Å². The van der Waals surface area contributed by atoms with Crippen molar-refractivity contribution in [3.8, 4) is 22.8 Å². The van der Waals surface area contributed by atoms with Crippen LogP contribution < -0.4 is 0 Å². The fraction of sp³-hybridized carbons (Fsp3) is 0.200. The zero-order chi connectivity index (χ0) is 23.1. The summed E-state index contributed by atoms with van der Waals surface area (Å²) >= 11 is 0. The largest absolute Gasteiger partial charge is 0.436 e. The topological polar surface area (TPSA) is 111 Å². The average Bonchev–Trinajstić information content (AvgIpc) is 3.59. The van der Waals surface area contributed by atoms with Crippen molar-refractivity contribution in [2.45, 2.75) is 33.2 Å². The van der Waals surface area contributed by atoms with Crippen LogP contribution in [0.15, 0.2) is 59.1 Å². The van der Waals surface area contributed by atoms with Crippen molar-refractivity contribution in [2.24, 2.45) is 0 Å². The zero-order valence-corrected chi connectivity index (χ0v) is 18.9. The van der Waals surface area contributed by atoms with Crippen LogP contribution >= 0.6 is 0 Å². The number of aryl methyl sites for hydroxylation is 2. The second kappa shape index (κ2) is 8.18. The van der Waals surface area contributed by atoms with E-state index in [0.29, 0.717) is 18.3 Å². The summed E-state index contributed by atoms with van der Waals surface area (Å²) in [6.45, 7) is 4.90. The van der Waals surface area contributed by atoms with Gasteiger partial charge in [-0.15, -0.1) is 10.2 Å². The smallest absolute Gasteiger partial charge is 0.228 e. The third-order valence-electron chi connectivity index (χ3n) is 5.93. The van der Waals surface area contributed by atoms with Gasteiger partial charge in [0.25, 0.3) is 0 Å². The summed E-state index contributed by atoms with van der Waals surface area (Å²) in [5, 5.41) is 14.4. The van der Waals surface area contributed by atoms with E-state index in [9.17, 15) is 0 Å². The number of pyridine rings is 1. The average molecular weight is 451 g/mol. The number of H-pyrrole nitrogens is 1. The van der Waals surface area contributed by atoms with Crippen LogP contribution in [0.25, 0.3) is 45.1 Å². The maximum absolute atomic E-state index is 6.20. The van der Waals surface area contributed by atoms with Crippen molar-refractivity contribution in [3.05, 3.63) is 71.7 Å². The number of hydrogen-bond acceptors (Lipinski definition) is 7. The number of nitrogens with one attached hydrogen (secondary N) is 1. The van der Waals surface area contributed by atoms with E-state index in [1.54, 1.807) is 0 Å². The third-order valence-corrected chi connectivity index (χ3v) is 5.93. The van der Waals surface area contributed by atoms with Crippen molar-refractivity contribution >= 4 is 22.3 Å². The Kier molecular flexibility index (Phi) is 4.87. The van der Waals surface area contributed by atoms with Gasteiger partial charge < -0.3 is 8.98 Å². The first-order valence-corrected chi connectivity index (χ1v) is 11.2. The van der Waals surface area contributed by atoms with Crippen LogP contribution in [0.1, 0.15) is 30.3 Å². The van der Waals surface area contributed by atoms with Crippen LogP contribution in [0.5, 0.6) is 0 Å². The first-order chi connectivity index (χ1) is 16.7. The molecule has 2 aromatic carbocycles. The van der Waals surface area contributed by atoms with E-state index >= 15 is 0 Å². The standard InChI is InChI=1S/C25H22N8O/c1-3-6-21-28-22-15(2)11-12-26-24(22)33(21)14-16-9-10-19-20(13-16)34-25(27-19)18-8-5-4-7-17(18)23-29-31-32-30-23/h4-5,7-13H,3,6,14H2,1-2H3,(H,29,30,31,32). The molecule has 0 unspecified atom stereocenters. The molecule has 0 fully saturated rings. The van der Waals surface area contributed by atoms with Gasteiger partial charge in [0.15, 0.2) is 11.2 Å². The number of tetrazole rings is 1. The molecular formula is C25H22N8O. The summed E-state index contributed by atoms with van der Waals surface area (Å²) in [5.41, 5.74) is 7.24. The molecule has 4 heterocycles. The van der Waals surface area contributed by atoms with Gasteiger partial charge >= 0.3 is 0 Å². The summed E-state index contributed by atoms with van der Waals surface area (Å²) in [4.78, 5) is 14.2. The quantitative estimate of drug-likeness (QED) is 0.390. The summed E-state index contributed by atoms with van der Waals surface area (Å²) in [5.74, 6) is 2.06. The van der Waals surface area contributed by atoms with E-state index in [2.05, 4.69) is 50.1 Å². The molecule has 0 aliphatic rings. The Morgan fingerprint density at radius 2 is 1.91 bits per heavy atom. The first kappa shape index (κ1) is 20.2. The molecule has 34 heavy (non-hydrogen) atoms. The highest BCUT2D eigenvalue weighted by Crippen LogP contribution is 2.32. The predicted octanol–water partition coefficient (Wildman–Crippen LogP) is 4.73. The molecule has 0 aliphatic carbocycles. The maximum Gasteiger partial charge on any atom is 0.228 e. The van der Waals surface area contributed by atoms with Crippen molar-refractivity contribution in [2.75, 3.05) is 0 Å². The van der Waals surface area contributed by atoms with E-state index in [1.165, 1.54) is 0 Å². The Morgan fingerprint density at radius 1 is 1.03 bits per heavy atom. The van der Waals surface area contributed by atoms with E-state index in [4.69, 9.17) is 14.4 Å². The van der Waals surface area contributed by atoms with E-state index in [0.717, 1.165) is 63.2 Å². The van der Waals surface area contributed by atoms with Gasteiger partial charge in [-0.05, 0) is 54.0 Å². The SMILES string of the molecule is CCCc1nc2c(C)ccnc2n1Cc1ccc2nc(-c3ccccc3-c3nn[nH]n3)oc2c1. The fourth-order valence-corrected chi connectivity index (χ4v) is 4.27. The normalized spacial score (nSPS) is 11.6. The zero-order valence-electron chi connectivity index (χ0n) is 18.9. The van der Waals surface area contributed by atoms with Crippen LogP contribution in [0.3, 0.4) is 0 Å². The fourth-order valence-electron chi connectivity index (χ4n) is 4.27. The Bertz CT molecular complexity index is 1610. The molecule has 9 heteroatoms. The molecule has 1 N–H and O–H groups in total. The summed E-state index contributed by atoms with van der Waals surface area (Å²) < 4.78 is 8.40. The van der Waals surface area contributed by atoms with E-state index in [-0.39, 0.29) is 0 Å². The van der Waals surface area contributed by atoms with Gasteiger partial charge in [-0.3, -0.25) is 0 Å². The molecule has 0 spiro atoms. The lowest BCUT2D eigenvalue weighted by molar-refractivity contribution is 0.619.